The van der Waals surface area contributed by atoms with Crippen LogP contribution in [0.2, 0.25) is 0 Å². The summed E-state index contributed by atoms with van der Waals surface area (Å²) in [5.41, 5.74) is 3.26. The number of aliphatic hydroxyl groups is 1. The van der Waals surface area contributed by atoms with E-state index in [1.165, 1.54) is 12.8 Å². The molecule has 0 saturated heterocycles. The van der Waals surface area contributed by atoms with Crippen molar-refractivity contribution in [2.75, 3.05) is 7.11 Å². The number of hydrogen-bond acceptors (Lipinski definition) is 2. The Balaban J connectivity index is 2.97. The SMILES string of the molecule is CCCCC(CC)C(O)c1cc(C)c(OC)cc1C. The van der Waals surface area contributed by atoms with Gasteiger partial charge in [0.1, 0.15) is 5.75 Å². The number of rotatable bonds is 7. The third kappa shape index (κ3) is 3.97. The molecule has 2 heteroatoms. The highest BCUT2D eigenvalue weighted by molar-refractivity contribution is 5.42. The molecule has 0 spiro atoms. The monoisotopic (exact) mass is 264 g/mol. The minimum Gasteiger partial charge on any atom is -0.496 e. The van der Waals surface area contributed by atoms with Crippen molar-refractivity contribution in [2.24, 2.45) is 5.92 Å². The molecule has 0 aliphatic heterocycles. The van der Waals surface area contributed by atoms with Gasteiger partial charge in [-0.15, -0.1) is 0 Å². The first-order chi connectivity index (χ1) is 9.04. The average molecular weight is 264 g/mol. The van der Waals surface area contributed by atoms with Crippen molar-refractivity contribution in [1.82, 2.24) is 0 Å². The maximum atomic E-state index is 10.6. The van der Waals surface area contributed by atoms with Gasteiger partial charge in [-0.1, -0.05) is 33.1 Å². The number of unbranched alkanes of at least 4 members (excludes halogenated alkanes) is 1. The van der Waals surface area contributed by atoms with Gasteiger partial charge in [-0.3, -0.25) is 0 Å². The van der Waals surface area contributed by atoms with Crippen LogP contribution in [0, 0.1) is 19.8 Å². The van der Waals surface area contributed by atoms with Gasteiger partial charge in [0.2, 0.25) is 0 Å². The summed E-state index contributed by atoms with van der Waals surface area (Å²) < 4.78 is 5.33. The summed E-state index contributed by atoms with van der Waals surface area (Å²) in [7, 11) is 1.69. The first-order valence-electron chi connectivity index (χ1n) is 7.38. The van der Waals surface area contributed by atoms with Gasteiger partial charge in [-0.25, -0.2) is 0 Å². The summed E-state index contributed by atoms with van der Waals surface area (Å²) in [5, 5.41) is 10.6. The molecule has 0 heterocycles. The summed E-state index contributed by atoms with van der Waals surface area (Å²) in [4.78, 5) is 0. The van der Waals surface area contributed by atoms with E-state index in [0.29, 0.717) is 5.92 Å². The molecule has 2 unspecified atom stereocenters. The fraction of sp³-hybridized carbons (Fsp3) is 0.647. The molecule has 0 radical (unpaired) electrons. The highest BCUT2D eigenvalue weighted by Gasteiger charge is 2.21. The molecule has 2 atom stereocenters. The Bertz CT molecular complexity index is 398. The maximum Gasteiger partial charge on any atom is 0.122 e. The fourth-order valence-electron chi connectivity index (χ4n) is 2.66. The Hall–Kier alpha value is -1.02. The second-order valence-corrected chi connectivity index (χ2v) is 5.43. The number of benzene rings is 1. The zero-order valence-corrected chi connectivity index (χ0v) is 13.0. The number of ether oxygens (including phenoxy) is 1. The molecule has 108 valence electrons. The minimum atomic E-state index is -0.360. The van der Waals surface area contributed by atoms with E-state index in [1.54, 1.807) is 7.11 Å². The quantitative estimate of drug-likeness (QED) is 0.782. The van der Waals surface area contributed by atoms with Gasteiger partial charge >= 0.3 is 0 Å². The molecular formula is C17H28O2. The lowest BCUT2D eigenvalue weighted by Crippen LogP contribution is -2.13. The van der Waals surface area contributed by atoms with Gasteiger partial charge in [0.05, 0.1) is 13.2 Å². The Kier molecular flexibility index (Phi) is 6.36. The van der Waals surface area contributed by atoms with E-state index in [9.17, 15) is 5.11 Å². The van der Waals surface area contributed by atoms with Crippen molar-refractivity contribution in [3.8, 4) is 5.75 Å². The molecule has 0 fully saturated rings. The summed E-state index contributed by atoms with van der Waals surface area (Å²) in [6.45, 7) is 8.44. The van der Waals surface area contributed by atoms with Crippen molar-refractivity contribution in [3.05, 3.63) is 28.8 Å². The van der Waals surface area contributed by atoms with Crippen molar-refractivity contribution < 1.29 is 9.84 Å². The molecule has 19 heavy (non-hydrogen) atoms. The van der Waals surface area contributed by atoms with Crippen LogP contribution < -0.4 is 4.74 Å². The van der Waals surface area contributed by atoms with E-state index in [2.05, 4.69) is 19.9 Å². The smallest absolute Gasteiger partial charge is 0.122 e. The first kappa shape index (κ1) is 16.0. The van der Waals surface area contributed by atoms with Crippen molar-refractivity contribution in [3.63, 3.8) is 0 Å². The highest BCUT2D eigenvalue weighted by Crippen LogP contribution is 2.33. The minimum absolute atomic E-state index is 0.353. The van der Waals surface area contributed by atoms with Crippen LogP contribution in [0.25, 0.3) is 0 Å². The molecule has 0 amide bonds. The zero-order chi connectivity index (χ0) is 14.4. The largest absolute Gasteiger partial charge is 0.496 e. The van der Waals surface area contributed by atoms with Crippen molar-refractivity contribution in [2.45, 2.75) is 59.5 Å². The first-order valence-corrected chi connectivity index (χ1v) is 7.38. The predicted molar refractivity (Wildman–Crippen MR) is 80.7 cm³/mol. The summed E-state index contributed by atoms with van der Waals surface area (Å²) >= 11 is 0. The second-order valence-electron chi connectivity index (χ2n) is 5.43. The third-order valence-corrected chi connectivity index (χ3v) is 4.00. The van der Waals surface area contributed by atoms with E-state index in [4.69, 9.17) is 4.74 Å². The fourth-order valence-corrected chi connectivity index (χ4v) is 2.66. The molecule has 0 saturated carbocycles. The average Bonchev–Trinajstić information content (AvgIpc) is 2.41. The third-order valence-electron chi connectivity index (χ3n) is 4.00. The number of methoxy groups -OCH3 is 1. The van der Waals surface area contributed by atoms with Crippen LogP contribution in [0.5, 0.6) is 5.75 Å². The summed E-state index contributed by atoms with van der Waals surface area (Å²) in [6, 6.07) is 4.11. The summed E-state index contributed by atoms with van der Waals surface area (Å²) in [6.07, 6.45) is 4.12. The van der Waals surface area contributed by atoms with E-state index in [0.717, 1.165) is 35.3 Å². The van der Waals surface area contributed by atoms with E-state index in [-0.39, 0.29) is 6.10 Å². The lowest BCUT2D eigenvalue weighted by molar-refractivity contribution is 0.0982. The van der Waals surface area contributed by atoms with E-state index < -0.39 is 0 Å². The van der Waals surface area contributed by atoms with Gasteiger partial charge in [0.15, 0.2) is 0 Å². The number of aliphatic hydroxyl groups excluding tert-OH is 1. The number of hydrogen-bond donors (Lipinski definition) is 1. The van der Waals surface area contributed by atoms with Crippen LogP contribution in [0.4, 0.5) is 0 Å². The number of aryl methyl sites for hydroxylation is 2. The molecule has 1 N–H and O–H groups in total. The topological polar surface area (TPSA) is 29.5 Å². The molecule has 0 bridgehead atoms. The normalized spacial score (nSPS) is 14.2. The summed E-state index contributed by atoms with van der Waals surface area (Å²) in [5.74, 6) is 1.25. The van der Waals surface area contributed by atoms with Crippen LogP contribution >= 0.6 is 0 Å². The Morgan fingerprint density at radius 2 is 1.84 bits per heavy atom. The molecule has 1 aromatic rings. The second kappa shape index (κ2) is 7.54. The van der Waals surface area contributed by atoms with Gasteiger partial charge < -0.3 is 9.84 Å². The molecular weight excluding hydrogens is 236 g/mol. The Labute approximate surface area is 117 Å². The highest BCUT2D eigenvalue weighted by atomic mass is 16.5. The van der Waals surface area contributed by atoms with Gasteiger partial charge in [-0.05, 0) is 55.0 Å². The Morgan fingerprint density at radius 1 is 1.16 bits per heavy atom. The van der Waals surface area contributed by atoms with E-state index >= 15 is 0 Å². The van der Waals surface area contributed by atoms with Gasteiger partial charge in [-0.2, -0.15) is 0 Å². The molecule has 0 aliphatic rings. The molecule has 1 rings (SSSR count). The van der Waals surface area contributed by atoms with Gasteiger partial charge in [0.25, 0.3) is 0 Å². The van der Waals surface area contributed by atoms with Crippen LogP contribution in [0.3, 0.4) is 0 Å². The molecule has 0 aliphatic carbocycles. The lowest BCUT2D eigenvalue weighted by atomic mass is 9.86. The zero-order valence-electron chi connectivity index (χ0n) is 13.0. The van der Waals surface area contributed by atoms with Crippen LogP contribution in [-0.4, -0.2) is 12.2 Å². The van der Waals surface area contributed by atoms with Crippen LogP contribution in [0.15, 0.2) is 12.1 Å². The van der Waals surface area contributed by atoms with Crippen LogP contribution in [0.1, 0.15) is 62.3 Å². The lowest BCUT2D eigenvalue weighted by Gasteiger charge is -2.24. The van der Waals surface area contributed by atoms with E-state index in [1.807, 2.05) is 19.9 Å². The molecule has 1 aromatic carbocycles. The standard InChI is InChI=1S/C17H28O2/c1-6-8-9-14(7-2)17(18)15-10-13(4)16(19-5)11-12(15)3/h10-11,14,17-18H,6-9H2,1-5H3. The van der Waals surface area contributed by atoms with Crippen LogP contribution in [-0.2, 0) is 0 Å². The predicted octanol–water partition coefficient (Wildman–Crippen LogP) is 4.56. The van der Waals surface area contributed by atoms with Crippen molar-refractivity contribution in [1.29, 1.82) is 0 Å². The van der Waals surface area contributed by atoms with Crippen molar-refractivity contribution >= 4 is 0 Å². The van der Waals surface area contributed by atoms with Gasteiger partial charge in [0, 0.05) is 0 Å². The molecule has 2 nitrogen and oxygen atoms in total. The Morgan fingerprint density at radius 3 is 2.37 bits per heavy atom. The maximum absolute atomic E-state index is 10.6. The molecule has 0 aromatic heterocycles.